The minimum Gasteiger partial charge on any atom is -0.481 e. The van der Waals surface area contributed by atoms with Crippen molar-refractivity contribution in [3.8, 4) is 0 Å². The number of nitrogens with two attached hydrogens (primary N) is 1. The highest BCUT2D eigenvalue weighted by Gasteiger charge is 2.23. The first-order chi connectivity index (χ1) is 7.13. The van der Waals surface area contributed by atoms with Gasteiger partial charge in [0.15, 0.2) is 0 Å². The van der Waals surface area contributed by atoms with Gasteiger partial charge in [-0.05, 0) is 27.7 Å². The lowest BCUT2D eigenvalue weighted by Gasteiger charge is -2.29. The number of hydrogen-bond acceptors (Lipinski definition) is 3. The zero-order valence-corrected chi connectivity index (χ0v) is 10.5. The monoisotopic (exact) mass is 230 g/mol. The van der Waals surface area contributed by atoms with Gasteiger partial charge in [0.25, 0.3) is 0 Å². The molecular formula is C11H22N2O3. The molecule has 0 aromatic heterocycles. The minimum absolute atomic E-state index is 0.00537. The van der Waals surface area contributed by atoms with Crippen LogP contribution in [0.5, 0.6) is 0 Å². The van der Waals surface area contributed by atoms with Gasteiger partial charge in [0.2, 0.25) is 5.91 Å². The molecule has 0 aliphatic rings. The molecule has 0 aliphatic heterocycles. The van der Waals surface area contributed by atoms with E-state index in [0.29, 0.717) is 0 Å². The van der Waals surface area contributed by atoms with Crippen LogP contribution in [-0.2, 0) is 9.59 Å². The van der Waals surface area contributed by atoms with E-state index in [0.717, 1.165) is 0 Å². The van der Waals surface area contributed by atoms with Crippen molar-refractivity contribution in [1.29, 1.82) is 0 Å². The Hall–Kier alpha value is -1.10. The number of carbonyl (C=O) groups excluding carboxylic acids is 1. The zero-order valence-electron chi connectivity index (χ0n) is 10.5. The molecule has 0 atom stereocenters. The second-order valence-electron chi connectivity index (χ2n) is 4.99. The van der Waals surface area contributed by atoms with Crippen molar-refractivity contribution in [1.82, 2.24) is 4.90 Å². The van der Waals surface area contributed by atoms with Crippen LogP contribution in [0.15, 0.2) is 0 Å². The number of rotatable bonds is 6. The summed E-state index contributed by atoms with van der Waals surface area (Å²) in [5.41, 5.74) is 5.20. The first-order valence-electron chi connectivity index (χ1n) is 5.43. The van der Waals surface area contributed by atoms with Crippen LogP contribution in [0.3, 0.4) is 0 Å². The molecule has 0 bridgehead atoms. The second kappa shape index (κ2) is 5.84. The second-order valence-corrected chi connectivity index (χ2v) is 4.99. The number of nitrogens with zero attached hydrogens (tertiary/aromatic N) is 1. The van der Waals surface area contributed by atoms with E-state index in [2.05, 4.69) is 0 Å². The molecule has 16 heavy (non-hydrogen) atoms. The lowest BCUT2D eigenvalue weighted by atomic mass is 10.0. The first kappa shape index (κ1) is 14.9. The Morgan fingerprint density at radius 3 is 2.19 bits per heavy atom. The van der Waals surface area contributed by atoms with E-state index in [4.69, 9.17) is 10.8 Å². The van der Waals surface area contributed by atoms with Crippen molar-refractivity contribution in [2.24, 2.45) is 5.73 Å². The Labute approximate surface area is 96.6 Å². The van der Waals surface area contributed by atoms with E-state index >= 15 is 0 Å². The number of hydrogen-bond donors (Lipinski definition) is 2. The maximum Gasteiger partial charge on any atom is 0.305 e. The number of amides is 1. The van der Waals surface area contributed by atoms with Crippen LogP contribution in [0, 0.1) is 0 Å². The van der Waals surface area contributed by atoms with Crippen LogP contribution in [0.2, 0.25) is 0 Å². The third-order valence-electron chi connectivity index (χ3n) is 2.12. The topological polar surface area (TPSA) is 83.6 Å². The fourth-order valence-electron chi connectivity index (χ4n) is 1.38. The third kappa shape index (κ3) is 6.40. The van der Waals surface area contributed by atoms with Crippen LogP contribution < -0.4 is 5.73 Å². The molecule has 0 saturated carbocycles. The summed E-state index contributed by atoms with van der Waals surface area (Å²) in [6, 6.07) is -0.00537. The van der Waals surface area contributed by atoms with Crippen molar-refractivity contribution >= 4 is 11.9 Å². The van der Waals surface area contributed by atoms with E-state index < -0.39 is 11.5 Å². The summed E-state index contributed by atoms with van der Waals surface area (Å²) in [6.07, 6.45) is 0.194. The average Bonchev–Trinajstić information content (AvgIpc) is 1.98. The maximum absolute atomic E-state index is 11.9. The minimum atomic E-state index is -0.898. The van der Waals surface area contributed by atoms with Crippen LogP contribution in [-0.4, -0.2) is 40.0 Å². The Morgan fingerprint density at radius 2 is 1.88 bits per heavy atom. The van der Waals surface area contributed by atoms with Gasteiger partial charge in [-0.2, -0.15) is 0 Å². The first-order valence-corrected chi connectivity index (χ1v) is 5.43. The van der Waals surface area contributed by atoms with Crippen molar-refractivity contribution in [2.45, 2.75) is 52.1 Å². The van der Waals surface area contributed by atoms with E-state index in [1.165, 1.54) is 0 Å². The van der Waals surface area contributed by atoms with Crippen molar-refractivity contribution in [3.63, 3.8) is 0 Å². The lowest BCUT2D eigenvalue weighted by molar-refractivity contribution is -0.139. The Balaban J connectivity index is 4.42. The third-order valence-corrected chi connectivity index (χ3v) is 2.12. The van der Waals surface area contributed by atoms with E-state index in [9.17, 15) is 9.59 Å². The molecule has 0 spiro atoms. The molecule has 0 saturated heterocycles. The van der Waals surface area contributed by atoms with Gasteiger partial charge in [0, 0.05) is 24.5 Å². The van der Waals surface area contributed by atoms with Gasteiger partial charge in [0.1, 0.15) is 0 Å². The highest BCUT2D eigenvalue weighted by atomic mass is 16.4. The molecule has 1 amide bonds. The smallest absolute Gasteiger partial charge is 0.305 e. The summed E-state index contributed by atoms with van der Waals surface area (Å²) < 4.78 is 0. The predicted octanol–water partition coefficient (Wildman–Crippen LogP) is 0.826. The Morgan fingerprint density at radius 1 is 1.38 bits per heavy atom. The Kier molecular flexibility index (Phi) is 5.44. The van der Waals surface area contributed by atoms with Gasteiger partial charge in [-0.3, -0.25) is 9.59 Å². The SMILES string of the molecule is CC(C)N(CCC(=O)O)C(=O)CC(C)(C)N. The number of carboxylic acids is 1. The molecule has 0 aliphatic carbocycles. The van der Waals surface area contributed by atoms with Gasteiger partial charge >= 0.3 is 5.97 Å². The van der Waals surface area contributed by atoms with Crippen LogP contribution in [0.4, 0.5) is 0 Å². The quantitative estimate of drug-likeness (QED) is 0.707. The van der Waals surface area contributed by atoms with Crippen LogP contribution in [0.1, 0.15) is 40.5 Å². The summed E-state index contributed by atoms with van der Waals surface area (Å²) in [6.45, 7) is 7.52. The molecule has 5 nitrogen and oxygen atoms in total. The van der Waals surface area contributed by atoms with Crippen LogP contribution >= 0.6 is 0 Å². The Bertz CT molecular complexity index is 256. The van der Waals surface area contributed by atoms with Crippen molar-refractivity contribution in [3.05, 3.63) is 0 Å². The maximum atomic E-state index is 11.9. The van der Waals surface area contributed by atoms with E-state index in [1.807, 2.05) is 13.8 Å². The molecule has 94 valence electrons. The average molecular weight is 230 g/mol. The van der Waals surface area contributed by atoms with Crippen LogP contribution in [0.25, 0.3) is 0 Å². The van der Waals surface area contributed by atoms with Gasteiger partial charge in [-0.15, -0.1) is 0 Å². The lowest BCUT2D eigenvalue weighted by Crippen LogP contribution is -2.44. The molecule has 0 unspecified atom stereocenters. The summed E-state index contributed by atoms with van der Waals surface area (Å²) in [7, 11) is 0. The number of carboxylic acid groups (broad SMARTS) is 1. The number of aliphatic carboxylic acids is 1. The van der Waals surface area contributed by atoms with Gasteiger partial charge in [-0.25, -0.2) is 0 Å². The highest BCUT2D eigenvalue weighted by molar-refractivity contribution is 5.78. The molecule has 0 aromatic rings. The molecule has 0 radical (unpaired) electrons. The highest BCUT2D eigenvalue weighted by Crippen LogP contribution is 2.10. The van der Waals surface area contributed by atoms with Crippen molar-refractivity contribution in [2.75, 3.05) is 6.54 Å². The molecular weight excluding hydrogens is 208 g/mol. The largest absolute Gasteiger partial charge is 0.481 e. The summed E-state index contributed by atoms with van der Waals surface area (Å²) in [5, 5.41) is 8.60. The summed E-state index contributed by atoms with van der Waals surface area (Å²) in [5.74, 6) is -0.991. The molecule has 5 heteroatoms. The summed E-state index contributed by atoms with van der Waals surface area (Å²) in [4.78, 5) is 23.9. The van der Waals surface area contributed by atoms with Gasteiger partial charge < -0.3 is 15.7 Å². The molecule has 0 heterocycles. The normalized spacial score (nSPS) is 11.6. The predicted molar refractivity (Wildman–Crippen MR) is 62.0 cm³/mol. The standard InChI is InChI=1S/C11H22N2O3/c1-8(2)13(6-5-10(15)16)9(14)7-11(3,4)12/h8H,5-7,12H2,1-4H3,(H,15,16). The van der Waals surface area contributed by atoms with E-state index in [-0.39, 0.29) is 31.3 Å². The van der Waals surface area contributed by atoms with Gasteiger partial charge in [0.05, 0.1) is 6.42 Å². The molecule has 3 N–H and O–H groups in total. The van der Waals surface area contributed by atoms with Gasteiger partial charge in [-0.1, -0.05) is 0 Å². The molecule has 0 fully saturated rings. The summed E-state index contributed by atoms with van der Waals surface area (Å²) >= 11 is 0. The molecule has 0 rings (SSSR count). The fourth-order valence-corrected chi connectivity index (χ4v) is 1.38. The zero-order chi connectivity index (χ0) is 12.9. The van der Waals surface area contributed by atoms with Crippen molar-refractivity contribution < 1.29 is 14.7 Å². The fraction of sp³-hybridized carbons (Fsp3) is 0.818. The molecule has 0 aromatic carbocycles. The van der Waals surface area contributed by atoms with E-state index in [1.54, 1.807) is 18.7 Å². The number of carbonyl (C=O) groups is 2.